The molecule has 0 fully saturated rings. The monoisotopic (exact) mass is 187 g/mol. The SMILES string of the molecule is CCNCCCNC(=O)NC(C)C. The van der Waals surface area contributed by atoms with Gasteiger partial charge in [-0.1, -0.05) is 6.92 Å². The number of amides is 2. The van der Waals surface area contributed by atoms with Gasteiger partial charge in [0.15, 0.2) is 0 Å². The van der Waals surface area contributed by atoms with Crippen LogP contribution in [0.2, 0.25) is 0 Å². The Bertz CT molecular complexity index is 137. The van der Waals surface area contributed by atoms with Crippen molar-refractivity contribution in [3.05, 3.63) is 0 Å². The lowest BCUT2D eigenvalue weighted by Crippen LogP contribution is -2.40. The third-order valence-electron chi connectivity index (χ3n) is 1.49. The summed E-state index contributed by atoms with van der Waals surface area (Å²) < 4.78 is 0. The second-order valence-electron chi connectivity index (χ2n) is 3.26. The molecule has 0 saturated heterocycles. The van der Waals surface area contributed by atoms with Gasteiger partial charge in [0, 0.05) is 12.6 Å². The van der Waals surface area contributed by atoms with E-state index in [-0.39, 0.29) is 12.1 Å². The molecule has 0 spiro atoms. The summed E-state index contributed by atoms with van der Waals surface area (Å²) in [7, 11) is 0. The standard InChI is InChI=1S/C9H21N3O/c1-4-10-6-5-7-11-9(13)12-8(2)3/h8,10H,4-7H2,1-3H3,(H2,11,12,13). The molecular weight excluding hydrogens is 166 g/mol. The number of carbonyl (C=O) groups is 1. The van der Waals surface area contributed by atoms with Crippen LogP contribution >= 0.6 is 0 Å². The third-order valence-corrected chi connectivity index (χ3v) is 1.49. The second kappa shape index (κ2) is 7.86. The molecule has 0 aliphatic heterocycles. The van der Waals surface area contributed by atoms with Crippen molar-refractivity contribution in [2.24, 2.45) is 0 Å². The van der Waals surface area contributed by atoms with E-state index in [4.69, 9.17) is 0 Å². The number of urea groups is 1. The van der Waals surface area contributed by atoms with E-state index in [0.717, 1.165) is 26.1 Å². The van der Waals surface area contributed by atoms with Crippen LogP contribution in [0, 0.1) is 0 Å². The first kappa shape index (κ1) is 12.2. The first-order valence-corrected chi connectivity index (χ1v) is 4.92. The summed E-state index contributed by atoms with van der Waals surface area (Å²) in [5, 5.41) is 8.74. The number of nitrogens with one attached hydrogen (secondary N) is 3. The van der Waals surface area contributed by atoms with Crippen LogP contribution in [0.25, 0.3) is 0 Å². The minimum Gasteiger partial charge on any atom is -0.338 e. The van der Waals surface area contributed by atoms with Gasteiger partial charge in [0.25, 0.3) is 0 Å². The lowest BCUT2D eigenvalue weighted by atomic mass is 10.4. The lowest BCUT2D eigenvalue weighted by molar-refractivity contribution is 0.238. The van der Waals surface area contributed by atoms with Crippen molar-refractivity contribution in [1.29, 1.82) is 0 Å². The maximum atomic E-state index is 11.0. The van der Waals surface area contributed by atoms with E-state index in [1.165, 1.54) is 0 Å². The molecule has 0 aliphatic carbocycles. The molecule has 4 heteroatoms. The van der Waals surface area contributed by atoms with Crippen LogP contribution in [-0.4, -0.2) is 31.7 Å². The molecule has 0 aliphatic rings. The van der Waals surface area contributed by atoms with Crippen LogP contribution in [0.15, 0.2) is 0 Å². The van der Waals surface area contributed by atoms with E-state index in [1.807, 2.05) is 13.8 Å². The van der Waals surface area contributed by atoms with E-state index in [1.54, 1.807) is 0 Å². The normalized spacial score (nSPS) is 10.2. The zero-order valence-electron chi connectivity index (χ0n) is 8.81. The van der Waals surface area contributed by atoms with Gasteiger partial charge >= 0.3 is 6.03 Å². The molecule has 78 valence electrons. The summed E-state index contributed by atoms with van der Waals surface area (Å²) in [6.07, 6.45) is 0.972. The van der Waals surface area contributed by atoms with Gasteiger partial charge in [0.2, 0.25) is 0 Å². The fourth-order valence-corrected chi connectivity index (χ4v) is 0.905. The summed E-state index contributed by atoms with van der Waals surface area (Å²) in [6.45, 7) is 8.62. The average molecular weight is 187 g/mol. The molecule has 2 amide bonds. The number of hydrogen-bond donors (Lipinski definition) is 3. The molecule has 4 nitrogen and oxygen atoms in total. The molecule has 0 bridgehead atoms. The number of hydrogen-bond acceptors (Lipinski definition) is 2. The summed E-state index contributed by atoms with van der Waals surface area (Å²) in [6, 6.07) is 0.125. The molecule has 0 rings (SSSR count). The van der Waals surface area contributed by atoms with Gasteiger partial charge in [0.1, 0.15) is 0 Å². The second-order valence-corrected chi connectivity index (χ2v) is 3.26. The fraction of sp³-hybridized carbons (Fsp3) is 0.889. The molecule has 13 heavy (non-hydrogen) atoms. The van der Waals surface area contributed by atoms with E-state index in [0.29, 0.717) is 0 Å². The van der Waals surface area contributed by atoms with Crippen molar-refractivity contribution in [3.8, 4) is 0 Å². The van der Waals surface area contributed by atoms with Crippen LogP contribution in [0.5, 0.6) is 0 Å². The van der Waals surface area contributed by atoms with Gasteiger partial charge in [0.05, 0.1) is 0 Å². The Kier molecular flexibility index (Phi) is 7.39. The molecule has 0 saturated carbocycles. The van der Waals surface area contributed by atoms with E-state index < -0.39 is 0 Å². The summed E-state index contributed by atoms with van der Waals surface area (Å²) in [5.74, 6) is 0. The Hall–Kier alpha value is -0.770. The smallest absolute Gasteiger partial charge is 0.314 e. The topological polar surface area (TPSA) is 53.2 Å². The average Bonchev–Trinajstić information content (AvgIpc) is 2.02. The van der Waals surface area contributed by atoms with E-state index in [9.17, 15) is 4.79 Å². The van der Waals surface area contributed by atoms with Crippen molar-refractivity contribution < 1.29 is 4.79 Å². The summed E-state index contributed by atoms with van der Waals surface area (Å²) >= 11 is 0. The van der Waals surface area contributed by atoms with Gasteiger partial charge in [-0.05, 0) is 33.4 Å². The van der Waals surface area contributed by atoms with Crippen molar-refractivity contribution in [2.45, 2.75) is 33.2 Å². The summed E-state index contributed by atoms with van der Waals surface area (Å²) in [4.78, 5) is 11.0. The largest absolute Gasteiger partial charge is 0.338 e. The van der Waals surface area contributed by atoms with Gasteiger partial charge in [-0.3, -0.25) is 0 Å². The Labute approximate surface area is 80.5 Å². The van der Waals surface area contributed by atoms with Crippen molar-refractivity contribution >= 4 is 6.03 Å². The molecule has 0 unspecified atom stereocenters. The van der Waals surface area contributed by atoms with Gasteiger partial charge in [-0.25, -0.2) is 4.79 Å². The molecular formula is C9H21N3O. The van der Waals surface area contributed by atoms with E-state index >= 15 is 0 Å². The highest BCUT2D eigenvalue weighted by molar-refractivity contribution is 5.73. The predicted octanol–water partition coefficient (Wildman–Crippen LogP) is 0.694. The van der Waals surface area contributed by atoms with E-state index in [2.05, 4.69) is 22.9 Å². The number of rotatable bonds is 6. The van der Waals surface area contributed by atoms with Crippen molar-refractivity contribution in [3.63, 3.8) is 0 Å². The lowest BCUT2D eigenvalue weighted by Gasteiger charge is -2.09. The maximum Gasteiger partial charge on any atom is 0.314 e. The number of carbonyl (C=O) groups excluding carboxylic acids is 1. The van der Waals surface area contributed by atoms with Crippen LogP contribution < -0.4 is 16.0 Å². The first-order chi connectivity index (χ1) is 6.16. The fourth-order valence-electron chi connectivity index (χ4n) is 0.905. The summed E-state index contributed by atoms with van der Waals surface area (Å²) in [5.41, 5.74) is 0. The Morgan fingerprint density at radius 3 is 2.54 bits per heavy atom. The van der Waals surface area contributed by atoms with Crippen LogP contribution in [0.4, 0.5) is 4.79 Å². The molecule has 0 aromatic heterocycles. The Morgan fingerprint density at radius 1 is 1.31 bits per heavy atom. The maximum absolute atomic E-state index is 11.0. The molecule has 0 radical (unpaired) electrons. The first-order valence-electron chi connectivity index (χ1n) is 4.92. The Morgan fingerprint density at radius 2 is 2.00 bits per heavy atom. The van der Waals surface area contributed by atoms with Crippen LogP contribution in [0.1, 0.15) is 27.2 Å². The highest BCUT2D eigenvalue weighted by Gasteiger charge is 1.99. The molecule has 0 heterocycles. The highest BCUT2D eigenvalue weighted by Crippen LogP contribution is 1.77. The van der Waals surface area contributed by atoms with Gasteiger partial charge in [-0.2, -0.15) is 0 Å². The minimum atomic E-state index is -0.0773. The van der Waals surface area contributed by atoms with Gasteiger partial charge < -0.3 is 16.0 Å². The Balaban J connectivity index is 3.17. The highest BCUT2D eigenvalue weighted by atomic mass is 16.2. The quantitative estimate of drug-likeness (QED) is 0.536. The third kappa shape index (κ3) is 9.14. The molecule has 0 atom stereocenters. The molecule has 3 N–H and O–H groups in total. The van der Waals surface area contributed by atoms with Crippen LogP contribution in [0.3, 0.4) is 0 Å². The minimum absolute atomic E-state index is 0.0773. The molecule has 0 aromatic rings. The van der Waals surface area contributed by atoms with Crippen molar-refractivity contribution in [2.75, 3.05) is 19.6 Å². The van der Waals surface area contributed by atoms with Crippen molar-refractivity contribution in [1.82, 2.24) is 16.0 Å². The van der Waals surface area contributed by atoms with Crippen LogP contribution in [-0.2, 0) is 0 Å². The van der Waals surface area contributed by atoms with Gasteiger partial charge in [-0.15, -0.1) is 0 Å². The zero-order valence-corrected chi connectivity index (χ0v) is 8.81. The zero-order chi connectivity index (χ0) is 10.1. The molecule has 0 aromatic carbocycles. The predicted molar refractivity (Wildman–Crippen MR) is 54.8 cm³/mol.